The maximum absolute atomic E-state index is 12.7. The quantitative estimate of drug-likeness (QED) is 0.757. The number of aromatic nitrogens is 2. The van der Waals surface area contributed by atoms with Crippen LogP contribution in [0.4, 0.5) is 5.95 Å². The molecular formula is C23H32N4O4. The van der Waals surface area contributed by atoms with Crippen molar-refractivity contribution in [1.82, 2.24) is 14.9 Å². The van der Waals surface area contributed by atoms with E-state index in [1.165, 1.54) is 0 Å². The molecule has 8 heteroatoms. The van der Waals surface area contributed by atoms with E-state index in [9.17, 15) is 4.79 Å². The number of nitrogens with zero attached hydrogens (tertiary/aromatic N) is 3. The molecule has 2 atom stereocenters. The van der Waals surface area contributed by atoms with Gasteiger partial charge >= 0.3 is 0 Å². The van der Waals surface area contributed by atoms with Gasteiger partial charge in [-0.25, -0.2) is 4.98 Å². The minimum Gasteiger partial charge on any atom is -0.493 e. The molecule has 0 spiro atoms. The van der Waals surface area contributed by atoms with Crippen LogP contribution in [0, 0.1) is 0 Å². The lowest BCUT2D eigenvalue weighted by atomic mass is 10.1. The van der Waals surface area contributed by atoms with Gasteiger partial charge in [-0.2, -0.15) is 0 Å². The smallest absolute Gasteiger partial charge is 0.255 e. The fourth-order valence-electron chi connectivity index (χ4n) is 4.46. The Morgan fingerprint density at radius 3 is 2.71 bits per heavy atom. The lowest BCUT2D eigenvalue weighted by Gasteiger charge is -2.36. The normalized spacial score (nSPS) is 21.6. The van der Waals surface area contributed by atoms with E-state index in [4.69, 9.17) is 19.2 Å². The molecule has 1 aromatic carbocycles. The highest BCUT2D eigenvalue weighted by Gasteiger charge is 2.27. The zero-order chi connectivity index (χ0) is 22.0. The third-order valence-electron chi connectivity index (χ3n) is 5.79. The van der Waals surface area contributed by atoms with E-state index in [1.54, 1.807) is 7.11 Å². The third-order valence-corrected chi connectivity index (χ3v) is 5.79. The van der Waals surface area contributed by atoms with Crippen molar-refractivity contribution < 1.29 is 14.2 Å². The SMILES string of the molecule is CCOc1ccc(CN2CCc3c(nc(N4C[C@@H](C)O[C@@H](C)C4)[nH]c3=O)C2)cc1OC. The van der Waals surface area contributed by atoms with Gasteiger partial charge in [0.1, 0.15) is 0 Å². The van der Waals surface area contributed by atoms with Crippen LogP contribution in [0.15, 0.2) is 23.0 Å². The van der Waals surface area contributed by atoms with E-state index in [2.05, 4.69) is 20.9 Å². The Labute approximate surface area is 183 Å². The number of nitrogens with one attached hydrogen (secondary N) is 1. The number of hydrogen-bond donors (Lipinski definition) is 1. The summed E-state index contributed by atoms with van der Waals surface area (Å²) in [6, 6.07) is 6.04. The predicted octanol–water partition coefficient (Wildman–Crippen LogP) is 2.35. The molecule has 8 nitrogen and oxygen atoms in total. The first-order chi connectivity index (χ1) is 15.0. The number of H-pyrrole nitrogens is 1. The Kier molecular flexibility index (Phi) is 6.48. The van der Waals surface area contributed by atoms with Crippen LogP contribution < -0.4 is 19.9 Å². The van der Waals surface area contributed by atoms with Crippen LogP contribution in [0.5, 0.6) is 11.5 Å². The lowest BCUT2D eigenvalue weighted by Crippen LogP contribution is -2.47. The molecule has 1 saturated heterocycles. The summed E-state index contributed by atoms with van der Waals surface area (Å²) in [5.41, 5.74) is 2.80. The fourth-order valence-corrected chi connectivity index (χ4v) is 4.46. The molecule has 2 aliphatic rings. The second-order valence-electron chi connectivity index (χ2n) is 8.36. The van der Waals surface area contributed by atoms with E-state index in [0.29, 0.717) is 25.5 Å². The number of anilines is 1. The number of hydrogen-bond acceptors (Lipinski definition) is 7. The molecular weight excluding hydrogens is 396 g/mol. The van der Waals surface area contributed by atoms with E-state index >= 15 is 0 Å². The molecule has 0 bridgehead atoms. The van der Waals surface area contributed by atoms with Crippen LogP contribution in [0.3, 0.4) is 0 Å². The van der Waals surface area contributed by atoms with Gasteiger partial charge in [-0.3, -0.25) is 14.7 Å². The van der Waals surface area contributed by atoms with Crippen molar-refractivity contribution in [3.8, 4) is 11.5 Å². The van der Waals surface area contributed by atoms with Gasteiger partial charge in [0.2, 0.25) is 5.95 Å². The molecule has 2 aliphatic heterocycles. The molecule has 2 aromatic rings. The largest absolute Gasteiger partial charge is 0.493 e. The molecule has 0 radical (unpaired) electrons. The highest BCUT2D eigenvalue weighted by Crippen LogP contribution is 2.29. The summed E-state index contributed by atoms with van der Waals surface area (Å²) >= 11 is 0. The molecule has 3 heterocycles. The Balaban J connectivity index is 1.51. The van der Waals surface area contributed by atoms with Gasteiger partial charge in [0.05, 0.1) is 31.6 Å². The number of fused-ring (bicyclic) bond motifs is 1. The third kappa shape index (κ3) is 4.85. The van der Waals surface area contributed by atoms with Gasteiger partial charge < -0.3 is 19.1 Å². The number of ether oxygens (including phenoxy) is 3. The second-order valence-corrected chi connectivity index (χ2v) is 8.36. The zero-order valence-corrected chi connectivity index (χ0v) is 18.8. The maximum Gasteiger partial charge on any atom is 0.255 e. The molecule has 0 amide bonds. The van der Waals surface area contributed by atoms with Crippen molar-refractivity contribution >= 4 is 5.95 Å². The maximum atomic E-state index is 12.7. The number of benzene rings is 1. The molecule has 31 heavy (non-hydrogen) atoms. The molecule has 1 N–H and O–H groups in total. The summed E-state index contributed by atoms with van der Waals surface area (Å²) in [5, 5.41) is 0. The van der Waals surface area contributed by atoms with Gasteiger partial charge in [-0.05, 0) is 44.9 Å². The molecule has 1 aromatic heterocycles. The van der Waals surface area contributed by atoms with E-state index in [0.717, 1.165) is 54.5 Å². The van der Waals surface area contributed by atoms with Crippen LogP contribution in [0.1, 0.15) is 37.6 Å². The van der Waals surface area contributed by atoms with Gasteiger partial charge in [0, 0.05) is 38.3 Å². The average Bonchev–Trinajstić information content (AvgIpc) is 2.74. The molecule has 1 fully saturated rings. The number of morpholine rings is 1. The van der Waals surface area contributed by atoms with Gasteiger partial charge in [0.25, 0.3) is 5.56 Å². The Morgan fingerprint density at radius 2 is 2.00 bits per heavy atom. The standard InChI is InChI=1S/C23H32N4O4/c1-5-30-20-7-6-17(10-21(20)29-4)13-26-9-8-18-19(14-26)24-23(25-22(18)28)27-11-15(2)31-16(3)12-27/h6-7,10,15-16H,5,8-9,11-14H2,1-4H3,(H,24,25,28)/t15-,16+. The predicted molar refractivity (Wildman–Crippen MR) is 119 cm³/mol. The van der Waals surface area contributed by atoms with Crippen molar-refractivity contribution in [3.63, 3.8) is 0 Å². The van der Waals surface area contributed by atoms with Crippen molar-refractivity contribution in [2.75, 3.05) is 38.3 Å². The molecule has 0 saturated carbocycles. The minimum atomic E-state index is -0.0193. The monoisotopic (exact) mass is 428 g/mol. The van der Waals surface area contributed by atoms with Crippen molar-refractivity contribution in [2.24, 2.45) is 0 Å². The minimum absolute atomic E-state index is 0.0193. The van der Waals surface area contributed by atoms with Crippen molar-refractivity contribution in [1.29, 1.82) is 0 Å². The van der Waals surface area contributed by atoms with Crippen LogP contribution >= 0.6 is 0 Å². The van der Waals surface area contributed by atoms with Crippen LogP contribution in [0.25, 0.3) is 0 Å². The zero-order valence-electron chi connectivity index (χ0n) is 18.8. The van der Waals surface area contributed by atoms with E-state index in [-0.39, 0.29) is 17.8 Å². The van der Waals surface area contributed by atoms with E-state index in [1.807, 2.05) is 32.9 Å². The lowest BCUT2D eigenvalue weighted by molar-refractivity contribution is -0.00576. The van der Waals surface area contributed by atoms with Crippen molar-refractivity contribution in [3.05, 3.63) is 45.4 Å². The van der Waals surface area contributed by atoms with Crippen molar-refractivity contribution in [2.45, 2.75) is 52.5 Å². The number of aromatic amines is 1. The summed E-state index contributed by atoms with van der Waals surface area (Å²) in [6.07, 6.45) is 0.912. The summed E-state index contributed by atoms with van der Waals surface area (Å²) < 4.78 is 16.9. The van der Waals surface area contributed by atoms with Gasteiger partial charge in [0.15, 0.2) is 11.5 Å². The molecule has 4 rings (SSSR count). The van der Waals surface area contributed by atoms with Gasteiger partial charge in [-0.1, -0.05) is 6.07 Å². The first kappa shape index (κ1) is 21.6. The number of methoxy groups -OCH3 is 1. The summed E-state index contributed by atoms with van der Waals surface area (Å²) in [4.78, 5) is 25.0. The highest BCUT2D eigenvalue weighted by atomic mass is 16.5. The number of rotatable bonds is 6. The Morgan fingerprint density at radius 1 is 1.23 bits per heavy atom. The summed E-state index contributed by atoms with van der Waals surface area (Å²) in [5.74, 6) is 2.14. The van der Waals surface area contributed by atoms with Crippen LogP contribution in [-0.4, -0.2) is 60.4 Å². The summed E-state index contributed by atoms with van der Waals surface area (Å²) in [7, 11) is 1.66. The molecule has 0 aliphatic carbocycles. The first-order valence-electron chi connectivity index (χ1n) is 11.0. The highest BCUT2D eigenvalue weighted by molar-refractivity contribution is 5.43. The Hall–Kier alpha value is -2.58. The molecule has 0 unspecified atom stereocenters. The van der Waals surface area contributed by atoms with Crippen LogP contribution in [-0.2, 0) is 24.2 Å². The second kappa shape index (κ2) is 9.28. The topological polar surface area (TPSA) is 79.9 Å². The van der Waals surface area contributed by atoms with Crippen LogP contribution in [0.2, 0.25) is 0 Å². The Bertz CT molecular complexity index is 967. The van der Waals surface area contributed by atoms with Gasteiger partial charge in [-0.15, -0.1) is 0 Å². The summed E-state index contributed by atoms with van der Waals surface area (Å²) in [6.45, 7) is 10.3. The fraction of sp³-hybridized carbons (Fsp3) is 0.565. The molecule has 168 valence electrons. The van der Waals surface area contributed by atoms with E-state index < -0.39 is 0 Å². The first-order valence-corrected chi connectivity index (χ1v) is 11.0. The average molecular weight is 429 g/mol.